The summed E-state index contributed by atoms with van der Waals surface area (Å²) in [4.78, 5) is 26.1. The molecule has 0 radical (unpaired) electrons. The van der Waals surface area contributed by atoms with Crippen molar-refractivity contribution in [3.8, 4) is 0 Å². The first-order chi connectivity index (χ1) is 8.20. The van der Waals surface area contributed by atoms with Crippen molar-refractivity contribution >= 4 is 11.9 Å². The van der Waals surface area contributed by atoms with Gasteiger partial charge in [0.2, 0.25) is 0 Å². The molecular formula is C12H16N2O4. The molecule has 1 atom stereocenters. The zero-order valence-electron chi connectivity index (χ0n) is 10.5. The second-order valence-electron chi connectivity index (χ2n) is 4.79. The molecule has 0 aliphatic heterocycles. The first kappa shape index (κ1) is 14.1. The molecule has 18 heavy (non-hydrogen) atoms. The molecule has 6 heteroatoms. The van der Waals surface area contributed by atoms with Gasteiger partial charge in [0, 0.05) is 6.20 Å². The highest BCUT2D eigenvalue weighted by Gasteiger charge is 2.24. The summed E-state index contributed by atoms with van der Waals surface area (Å²) in [5.41, 5.74) is 5.28. The summed E-state index contributed by atoms with van der Waals surface area (Å²) in [6.45, 7) is 5.19. The summed E-state index contributed by atoms with van der Waals surface area (Å²) < 4.78 is 5.12. The Morgan fingerprint density at radius 2 is 2.06 bits per heavy atom. The van der Waals surface area contributed by atoms with Gasteiger partial charge >= 0.3 is 11.9 Å². The van der Waals surface area contributed by atoms with Crippen molar-refractivity contribution in [2.45, 2.75) is 32.4 Å². The summed E-state index contributed by atoms with van der Waals surface area (Å²) >= 11 is 0. The molecule has 3 N–H and O–H groups in total. The number of nitrogens with two attached hydrogens (primary N) is 1. The highest BCUT2D eigenvalue weighted by Crippen LogP contribution is 2.16. The molecule has 1 rings (SSSR count). The lowest BCUT2D eigenvalue weighted by atomic mass is 10.1. The summed E-state index contributed by atoms with van der Waals surface area (Å²) in [5.74, 6) is -1.78. The van der Waals surface area contributed by atoms with E-state index < -0.39 is 23.6 Å². The molecule has 1 heterocycles. The Morgan fingerprint density at radius 1 is 1.44 bits per heavy atom. The summed E-state index contributed by atoms with van der Waals surface area (Å²) in [5, 5.41) is 8.80. The number of hydrogen-bond acceptors (Lipinski definition) is 5. The molecule has 6 nitrogen and oxygen atoms in total. The SMILES string of the molecule is CC(C)(C)OC(=O)[C@@H](N)c1ccnc(C(=O)O)c1. The number of carbonyl (C=O) groups is 2. The lowest BCUT2D eigenvalue weighted by Gasteiger charge is -2.22. The fraction of sp³-hybridized carbons (Fsp3) is 0.417. The van der Waals surface area contributed by atoms with Gasteiger partial charge in [0.05, 0.1) is 0 Å². The topological polar surface area (TPSA) is 103 Å². The molecule has 0 aliphatic carbocycles. The van der Waals surface area contributed by atoms with Crippen LogP contribution in [-0.4, -0.2) is 27.6 Å². The van der Waals surface area contributed by atoms with Crippen LogP contribution < -0.4 is 5.73 Å². The normalized spacial score (nSPS) is 12.9. The third kappa shape index (κ3) is 3.81. The Hall–Kier alpha value is -1.95. The van der Waals surface area contributed by atoms with Crippen LogP contribution in [0.1, 0.15) is 42.9 Å². The Kier molecular flexibility index (Phi) is 4.03. The summed E-state index contributed by atoms with van der Waals surface area (Å²) in [7, 11) is 0. The molecular weight excluding hydrogens is 236 g/mol. The molecule has 0 spiro atoms. The number of hydrogen-bond donors (Lipinski definition) is 2. The zero-order chi connectivity index (χ0) is 13.9. The Balaban J connectivity index is 2.90. The first-order valence-electron chi connectivity index (χ1n) is 5.38. The maximum absolute atomic E-state index is 11.7. The van der Waals surface area contributed by atoms with Gasteiger partial charge < -0.3 is 15.6 Å². The lowest BCUT2D eigenvalue weighted by Crippen LogP contribution is -2.31. The minimum atomic E-state index is -1.17. The van der Waals surface area contributed by atoms with Gasteiger partial charge in [-0.1, -0.05) is 0 Å². The Labute approximate surface area is 105 Å². The average molecular weight is 252 g/mol. The number of aromatic nitrogens is 1. The molecule has 0 bridgehead atoms. The second-order valence-corrected chi connectivity index (χ2v) is 4.79. The van der Waals surface area contributed by atoms with Crippen LogP contribution in [0.5, 0.6) is 0 Å². The van der Waals surface area contributed by atoms with E-state index in [4.69, 9.17) is 15.6 Å². The number of pyridine rings is 1. The van der Waals surface area contributed by atoms with Gasteiger partial charge in [-0.05, 0) is 38.5 Å². The first-order valence-corrected chi connectivity index (χ1v) is 5.38. The lowest BCUT2D eigenvalue weighted by molar-refractivity contribution is -0.156. The molecule has 1 aromatic rings. The van der Waals surface area contributed by atoms with E-state index in [1.807, 2.05) is 0 Å². The predicted octanol–water partition coefficient (Wildman–Crippen LogP) is 1.12. The van der Waals surface area contributed by atoms with E-state index in [-0.39, 0.29) is 5.69 Å². The Bertz CT molecular complexity index is 465. The minimum absolute atomic E-state index is 0.161. The van der Waals surface area contributed by atoms with Crippen molar-refractivity contribution in [3.05, 3.63) is 29.6 Å². The number of carboxylic acids is 1. The average Bonchev–Trinajstić information content (AvgIpc) is 2.26. The fourth-order valence-electron chi connectivity index (χ4n) is 1.26. The van der Waals surface area contributed by atoms with Crippen LogP contribution in [0.4, 0.5) is 0 Å². The molecule has 0 aromatic carbocycles. The van der Waals surface area contributed by atoms with Crippen molar-refractivity contribution in [1.29, 1.82) is 0 Å². The summed E-state index contributed by atoms with van der Waals surface area (Å²) in [6, 6.07) is 1.73. The molecule has 0 unspecified atom stereocenters. The Morgan fingerprint density at radius 3 is 2.56 bits per heavy atom. The maximum Gasteiger partial charge on any atom is 0.354 e. The largest absolute Gasteiger partial charge is 0.477 e. The van der Waals surface area contributed by atoms with Gasteiger partial charge in [-0.25, -0.2) is 14.6 Å². The van der Waals surface area contributed by atoms with Gasteiger partial charge in [0.15, 0.2) is 0 Å². The van der Waals surface area contributed by atoms with Crippen LogP contribution in [0, 0.1) is 0 Å². The van der Waals surface area contributed by atoms with E-state index >= 15 is 0 Å². The maximum atomic E-state index is 11.7. The highest BCUT2D eigenvalue weighted by atomic mass is 16.6. The number of rotatable bonds is 3. The number of carbonyl (C=O) groups excluding carboxylic acids is 1. The van der Waals surface area contributed by atoms with Gasteiger partial charge in [-0.15, -0.1) is 0 Å². The highest BCUT2D eigenvalue weighted by molar-refractivity contribution is 5.86. The van der Waals surface area contributed by atoms with Crippen molar-refractivity contribution in [1.82, 2.24) is 4.98 Å². The van der Waals surface area contributed by atoms with Crippen LogP contribution in [0.3, 0.4) is 0 Å². The molecule has 0 saturated heterocycles. The number of nitrogens with zero attached hydrogens (tertiary/aromatic N) is 1. The third-order valence-electron chi connectivity index (χ3n) is 2.02. The fourth-order valence-corrected chi connectivity index (χ4v) is 1.26. The van der Waals surface area contributed by atoms with Gasteiger partial charge in [0.1, 0.15) is 17.3 Å². The molecule has 1 aromatic heterocycles. The van der Waals surface area contributed by atoms with Crippen molar-refractivity contribution < 1.29 is 19.4 Å². The van der Waals surface area contributed by atoms with E-state index in [2.05, 4.69) is 4.98 Å². The van der Waals surface area contributed by atoms with Crippen molar-refractivity contribution in [2.75, 3.05) is 0 Å². The van der Waals surface area contributed by atoms with Crippen LogP contribution in [0.2, 0.25) is 0 Å². The van der Waals surface area contributed by atoms with Crippen molar-refractivity contribution in [3.63, 3.8) is 0 Å². The van der Waals surface area contributed by atoms with Crippen LogP contribution in [-0.2, 0) is 9.53 Å². The van der Waals surface area contributed by atoms with Crippen LogP contribution in [0.25, 0.3) is 0 Å². The molecule has 98 valence electrons. The second kappa shape index (κ2) is 5.14. The molecule has 0 fully saturated rings. The monoisotopic (exact) mass is 252 g/mol. The number of esters is 1. The zero-order valence-corrected chi connectivity index (χ0v) is 10.5. The van der Waals surface area contributed by atoms with E-state index in [0.717, 1.165) is 0 Å². The predicted molar refractivity (Wildman–Crippen MR) is 64.0 cm³/mol. The molecule has 0 amide bonds. The van der Waals surface area contributed by atoms with E-state index in [1.54, 1.807) is 20.8 Å². The van der Waals surface area contributed by atoms with Gasteiger partial charge in [-0.3, -0.25) is 0 Å². The standard InChI is InChI=1S/C12H16N2O4/c1-12(2,3)18-11(17)9(13)7-4-5-14-8(6-7)10(15)16/h4-6,9H,13H2,1-3H3,(H,15,16)/t9-/m0/s1. The van der Waals surface area contributed by atoms with Gasteiger partial charge in [-0.2, -0.15) is 0 Å². The quantitative estimate of drug-likeness (QED) is 0.781. The van der Waals surface area contributed by atoms with Crippen molar-refractivity contribution in [2.24, 2.45) is 5.73 Å². The van der Waals surface area contributed by atoms with Crippen LogP contribution >= 0.6 is 0 Å². The van der Waals surface area contributed by atoms with E-state index in [0.29, 0.717) is 5.56 Å². The number of ether oxygens (including phenoxy) is 1. The number of carboxylic acid groups (broad SMARTS) is 1. The number of aromatic carboxylic acids is 1. The third-order valence-corrected chi connectivity index (χ3v) is 2.02. The smallest absolute Gasteiger partial charge is 0.354 e. The molecule has 0 aliphatic rings. The van der Waals surface area contributed by atoms with E-state index in [9.17, 15) is 9.59 Å². The minimum Gasteiger partial charge on any atom is -0.477 e. The van der Waals surface area contributed by atoms with Crippen LogP contribution in [0.15, 0.2) is 18.3 Å². The summed E-state index contributed by atoms with van der Waals surface area (Å²) in [6.07, 6.45) is 1.29. The van der Waals surface area contributed by atoms with E-state index in [1.165, 1.54) is 18.3 Å². The van der Waals surface area contributed by atoms with Gasteiger partial charge in [0.25, 0.3) is 0 Å². The molecule has 0 saturated carbocycles.